The molecule has 2 rings (SSSR count). The standard InChI is InChI=1S/C12H15Cl2NO3S/c1-7-4-8(7)5-15-19(17,18)11-3-2-10(13)9(6-16)12(11)14/h2-3,7-8,15-16H,4-6H2,1H3. The van der Waals surface area contributed by atoms with Crippen molar-refractivity contribution < 1.29 is 13.5 Å². The number of halogens is 2. The molecule has 0 aromatic heterocycles. The summed E-state index contributed by atoms with van der Waals surface area (Å²) in [5.74, 6) is 0.967. The smallest absolute Gasteiger partial charge is 0.242 e. The van der Waals surface area contributed by atoms with Crippen LogP contribution in [0.15, 0.2) is 17.0 Å². The Kier molecular flexibility index (Phi) is 4.42. The monoisotopic (exact) mass is 323 g/mol. The van der Waals surface area contributed by atoms with Crippen molar-refractivity contribution in [1.29, 1.82) is 0 Å². The Morgan fingerprint density at radius 1 is 1.42 bits per heavy atom. The highest BCUT2D eigenvalue weighted by Gasteiger charge is 2.33. The van der Waals surface area contributed by atoms with Crippen molar-refractivity contribution >= 4 is 33.2 Å². The van der Waals surface area contributed by atoms with Crippen LogP contribution >= 0.6 is 23.2 Å². The lowest BCUT2D eigenvalue weighted by Gasteiger charge is -2.11. The van der Waals surface area contributed by atoms with Gasteiger partial charge in [-0.15, -0.1) is 0 Å². The number of hydrogen-bond acceptors (Lipinski definition) is 3. The van der Waals surface area contributed by atoms with E-state index in [-0.39, 0.29) is 20.5 Å². The number of aliphatic hydroxyl groups is 1. The van der Waals surface area contributed by atoms with E-state index >= 15 is 0 Å². The Morgan fingerprint density at radius 3 is 2.58 bits per heavy atom. The Labute approximate surface area is 122 Å². The molecule has 0 aliphatic heterocycles. The summed E-state index contributed by atoms with van der Waals surface area (Å²) in [7, 11) is -3.67. The molecule has 19 heavy (non-hydrogen) atoms. The van der Waals surface area contributed by atoms with Crippen LogP contribution in [0.1, 0.15) is 18.9 Å². The van der Waals surface area contributed by atoms with Crippen molar-refractivity contribution in [1.82, 2.24) is 4.72 Å². The van der Waals surface area contributed by atoms with Crippen molar-refractivity contribution in [3.05, 3.63) is 27.7 Å². The first kappa shape index (κ1) is 15.1. The van der Waals surface area contributed by atoms with Crippen LogP contribution in [0.3, 0.4) is 0 Å². The fourth-order valence-corrected chi connectivity index (χ4v) is 3.90. The molecule has 1 aliphatic carbocycles. The molecule has 0 amide bonds. The topological polar surface area (TPSA) is 66.4 Å². The summed E-state index contributed by atoms with van der Waals surface area (Å²) in [5.41, 5.74) is 0.228. The molecular formula is C12H15Cl2NO3S. The first-order valence-electron chi connectivity index (χ1n) is 5.94. The van der Waals surface area contributed by atoms with E-state index in [2.05, 4.69) is 11.6 Å². The zero-order valence-electron chi connectivity index (χ0n) is 10.4. The average Bonchev–Trinajstić information content (AvgIpc) is 3.03. The lowest BCUT2D eigenvalue weighted by Crippen LogP contribution is -2.26. The maximum atomic E-state index is 12.2. The second-order valence-electron chi connectivity index (χ2n) is 4.82. The van der Waals surface area contributed by atoms with Crippen LogP contribution < -0.4 is 4.72 Å². The fraction of sp³-hybridized carbons (Fsp3) is 0.500. The van der Waals surface area contributed by atoms with Gasteiger partial charge >= 0.3 is 0 Å². The van der Waals surface area contributed by atoms with Gasteiger partial charge in [0.1, 0.15) is 4.90 Å². The molecule has 106 valence electrons. The quantitative estimate of drug-likeness (QED) is 0.874. The summed E-state index contributed by atoms with van der Waals surface area (Å²) in [5, 5.41) is 9.40. The molecular weight excluding hydrogens is 309 g/mol. The zero-order chi connectivity index (χ0) is 14.2. The second kappa shape index (κ2) is 5.58. The molecule has 0 spiro atoms. The van der Waals surface area contributed by atoms with Crippen LogP contribution in [0.2, 0.25) is 10.0 Å². The van der Waals surface area contributed by atoms with Gasteiger partial charge in [-0.25, -0.2) is 13.1 Å². The highest BCUT2D eigenvalue weighted by molar-refractivity contribution is 7.89. The van der Waals surface area contributed by atoms with E-state index in [0.29, 0.717) is 18.4 Å². The highest BCUT2D eigenvalue weighted by Crippen LogP contribution is 2.37. The normalized spacial score (nSPS) is 22.5. The predicted octanol–water partition coefficient (Wildman–Crippen LogP) is 2.42. The van der Waals surface area contributed by atoms with Gasteiger partial charge in [-0.3, -0.25) is 0 Å². The minimum absolute atomic E-state index is 0.0219. The summed E-state index contributed by atoms with van der Waals surface area (Å²) < 4.78 is 26.8. The maximum Gasteiger partial charge on any atom is 0.242 e. The van der Waals surface area contributed by atoms with E-state index in [0.717, 1.165) is 6.42 Å². The first-order valence-corrected chi connectivity index (χ1v) is 8.18. The number of sulfonamides is 1. The number of aliphatic hydroxyl groups excluding tert-OH is 1. The van der Waals surface area contributed by atoms with E-state index in [4.69, 9.17) is 28.3 Å². The molecule has 7 heteroatoms. The Bertz CT molecular complexity index is 589. The number of rotatable bonds is 5. The third-order valence-corrected chi connectivity index (χ3v) is 5.77. The SMILES string of the molecule is CC1CC1CNS(=O)(=O)c1ccc(Cl)c(CO)c1Cl. The number of nitrogens with one attached hydrogen (secondary N) is 1. The molecule has 2 unspecified atom stereocenters. The van der Waals surface area contributed by atoms with Crippen LogP contribution in [0.25, 0.3) is 0 Å². The lowest BCUT2D eigenvalue weighted by atomic mass is 10.2. The molecule has 1 fully saturated rings. The minimum atomic E-state index is -3.67. The third kappa shape index (κ3) is 3.23. The summed E-state index contributed by atoms with van der Waals surface area (Å²) in [4.78, 5) is -0.0454. The predicted molar refractivity (Wildman–Crippen MR) is 74.8 cm³/mol. The van der Waals surface area contributed by atoms with Crippen molar-refractivity contribution in [2.45, 2.75) is 24.8 Å². The van der Waals surface area contributed by atoms with Gasteiger partial charge in [0.05, 0.1) is 11.6 Å². The molecule has 2 N–H and O–H groups in total. The molecule has 1 aliphatic rings. The molecule has 0 saturated heterocycles. The lowest BCUT2D eigenvalue weighted by molar-refractivity contribution is 0.281. The van der Waals surface area contributed by atoms with Crippen LogP contribution in [-0.4, -0.2) is 20.1 Å². The van der Waals surface area contributed by atoms with Gasteiger partial charge in [0, 0.05) is 17.1 Å². The van der Waals surface area contributed by atoms with E-state index in [1.165, 1.54) is 12.1 Å². The van der Waals surface area contributed by atoms with E-state index < -0.39 is 16.6 Å². The van der Waals surface area contributed by atoms with Gasteiger partial charge in [0.2, 0.25) is 10.0 Å². The largest absolute Gasteiger partial charge is 0.392 e. The maximum absolute atomic E-state index is 12.2. The van der Waals surface area contributed by atoms with Crippen LogP contribution in [0.5, 0.6) is 0 Å². The molecule has 0 heterocycles. The van der Waals surface area contributed by atoms with Crippen molar-refractivity contribution in [2.75, 3.05) is 6.54 Å². The summed E-state index contributed by atoms with van der Waals surface area (Å²) in [6.07, 6.45) is 1.04. The van der Waals surface area contributed by atoms with E-state index in [1.54, 1.807) is 0 Å². The van der Waals surface area contributed by atoms with Crippen LogP contribution in [0.4, 0.5) is 0 Å². The van der Waals surface area contributed by atoms with Crippen molar-refractivity contribution in [2.24, 2.45) is 11.8 Å². The van der Waals surface area contributed by atoms with E-state index in [9.17, 15) is 8.42 Å². The summed E-state index contributed by atoms with van der Waals surface area (Å²) in [6.45, 7) is 2.09. The minimum Gasteiger partial charge on any atom is -0.392 e. The zero-order valence-corrected chi connectivity index (χ0v) is 12.7. The molecule has 0 bridgehead atoms. The van der Waals surface area contributed by atoms with Gasteiger partial charge in [0.25, 0.3) is 0 Å². The molecule has 2 atom stereocenters. The number of hydrogen-bond donors (Lipinski definition) is 2. The highest BCUT2D eigenvalue weighted by atomic mass is 35.5. The van der Waals surface area contributed by atoms with Crippen LogP contribution in [0, 0.1) is 11.8 Å². The average molecular weight is 324 g/mol. The van der Waals surface area contributed by atoms with Crippen molar-refractivity contribution in [3.8, 4) is 0 Å². The fourth-order valence-electron chi connectivity index (χ4n) is 1.91. The van der Waals surface area contributed by atoms with Crippen molar-refractivity contribution in [3.63, 3.8) is 0 Å². The summed E-state index contributed by atoms with van der Waals surface area (Å²) >= 11 is 11.8. The van der Waals surface area contributed by atoms with Gasteiger partial charge in [0.15, 0.2) is 0 Å². The van der Waals surface area contributed by atoms with Gasteiger partial charge in [-0.1, -0.05) is 30.1 Å². The van der Waals surface area contributed by atoms with Gasteiger partial charge in [-0.05, 0) is 30.4 Å². The van der Waals surface area contributed by atoms with E-state index in [1.807, 2.05) is 0 Å². The Hall–Kier alpha value is -0.330. The van der Waals surface area contributed by atoms with Gasteiger partial charge < -0.3 is 5.11 Å². The summed E-state index contributed by atoms with van der Waals surface area (Å²) in [6, 6.07) is 2.77. The molecule has 1 aromatic rings. The Balaban J connectivity index is 2.24. The Morgan fingerprint density at radius 2 is 2.05 bits per heavy atom. The molecule has 1 saturated carbocycles. The second-order valence-corrected chi connectivity index (χ2v) is 7.34. The molecule has 4 nitrogen and oxygen atoms in total. The number of benzene rings is 1. The molecule has 0 radical (unpaired) electrons. The third-order valence-electron chi connectivity index (χ3n) is 3.41. The molecule has 1 aromatic carbocycles. The first-order chi connectivity index (χ1) is 8.86. The van der Waals surface area contributed by atoms with Gasteiger partial charge in [-0.2, -0.15) is 0 Å². The van der Waals surface area contributed by atoms with Crippen LogP contribution in [-0.2, 0) is 16.6 Å².